The highest BCUT2D eigenvalue weighted by atomic mass is 35.5. The molecule has 0 saturated heterocycles. The van der Waals surface area contributed by atoms with Crippen LogP contribution in [0.2, 0.25) is 0 Å². The van der Waals surface area contributed by atoms with Gasteiger partial charge in [-0.15, -0.1) is 9.36 Å². The van der Waals surface area contributed by atoms with Crippen molar-refractivity contribution < 1.29 is 17.1 Å². The van der Waals surface area contributed by atoms with Gasteiger partial charge in [-0.1, -0.05) is 30.3 Å². The van der Waals surface area contributed by atoms with Gasteiger partial charge in [0.05, 0.1) is 0 Å². The number of rotatable bonds is 2. The van der Waals surface area contributed by atoms with Crippen LogP contribution in [0.4, 0.5) is 0 Å². The lowest BCUT2D eigenvalue weighted by molar-refractivity contribution is -0.639. The van der Waals surface area contributed by atoms with Crippen LogP contribution in [0.5, 0.6) is 0 Å². The van der Waals surface area contributed by atoms with Gasteiger partial charge in [0, 0.05) is 5.10 Å². The van der Waals surface area contributed by atoms with Crippen LogP contribution in [-0.4, -0.2) is 9.78 Å². The zero-order valence-corrected chi connectivity index (χ0v) is 8.30. The summed E-state index contributed by atoms with van der Waals surface area (Å²) >= 11 is 0. The van der Waals surface area contributed by atoms with Crippen LogP contribution in [0.25, 0.3) is 0 Å². The number of nitrogen functional groups attached to an aromatic ring is 1. The van der Waals surface area contributed by atoms with Gasteiger partial charge < -0.3 is 12.4 Å². The number of hydrogen-bond donors (Lipinski definition) is 1. The topological polar surface area (TPSA) is 47.7 Å². The maximum Gasteiger partial charge on any atom is 0.286 e. The molecule has 0 radical (unpaired) electrons. The van der Waals surface area contributed by atoms with Crippen LogP contribution < -0.4 is 22.9 Å². The third-order valence-electron chi connectivity index (χ3n) is 1.79. The Labute approximate surface area is 88.4 Å². The van der Waals surface area contributed by atoms with Crippen molar-refractivity contribution in [3.63, 3.8) is 0 Å². The normalized spacial score (nSPS) is 9.43. The fourth-order valence-electron chi connectivity index (χ4n) is 1.19. The summed E-state index contributed by atoms with van der Waals surface area (Å²) in [5.41, 5.74) is 1.21. The van der Waals surface area contributed by atoms with Gasteiger partial charge in [-0.25, -0.2) is 0 Å². The molecule has 0 aliphatic rings. The molecule has 0 aliphatic carbocycles. The summed E-state index contributed by atoms with van der Waals surface area (Å²) < 4.78 is 3.22. The van der Waals surface area contributed by atoms with E-state index in [1.54, 1.807) is 17.3 Å². The fraction of sp³-hybridized carbons (Fsp3) is 0.111. The SMILES string of the molecule is N[n+]1cnn(Cc2ccccc2)c1.[Cl-]. The molecule has 0 unspecified atom stereocenters. The predicted molar refractivity (Wildman–Crippen MR) is 48.1 cm³/mol. The van der Waals surface area contributed by atoms with Gasteiger partial charge in [-0.3, -0.25) is 5.84 Å². The van der Waals surface area contributed by atoms with Gasteiger partial charge in [-0.2, -0.15) is 0 Å². The largest absolute Gasteiger partial charge is 1.00 e. The van der Waals surface area contributed by atoms with Gasteiger partial charge >= 0.3 is 0 Å². The summed E-state index contributed by atoms with van der Waals surface area (Å²) in [6.45, 7) is 0.755. The zero-order valence-electron chi connectivity index (χ0n) is 7.55. The van der Waals surface area contributed by atoms with E-state index >= 15 is 0 Å². The van der Waals surface area contributed by atoms with E-state index in [1.165, 1.54) is 10.2 Å². The van der Waals surface area contributed by atoms with Gasteiger partial charge in [-0.05, 0) is 5.56 Å². The van der Waals surface area contributed by atoms with Crippen molar-refractivity contribution in [3.8, 4) is 0 Å². The van der Waals surface area contributed by atoms with E-state index in [1.807, 2.05) is 18.2 Å². The van der Waals surface area contributed by atoms with Crippen LogP contribution >= 0.6 is 0 Å². The molecular formula is C9H11ClN4. The first-order valence-corrected chi connectivity index (χ1v) is 4.07. The third kappa shape index (κ3) is 2.47. The van der Waals surface area contributed by atoms with E-state index in [0.717, 1.165) is 6.54 Å². The standard InChI is InChI=1S/C9H11N4.ClH/c10-12-7-11-13(8-12)6-9-4-2-1-3-5-9;/h1-5,7-8H,6,10H2;1H/q+1;/p-1. The second-order valence-electron chi connectivity index (χ2n) is 2.88. The quantitative estimate of drug-likeness (QED) is 0.423. The molecule has 2 N–H and O–H groups in total. The molecule has 0 spiro atoms. The minimum absolute atomic E-state index is 0. The second kappa shape index (κ2) is 4.62. The number of nitrogens with zero attached hydrogens (tertiary/aromatic N) is 3. The van der Waals surface area contributed by atoms with Crippen LogP contribution in [0.15, 0.2) is 43.0 Å². The minimum Gasteiger partial charge on any atom is -1.00 e. The number of nitrogens with two attached hydrogens (primary N) is 1. The van der Waals surface area contributed by atoms with Gasteiger partial charge in [0.1, 0.15) is 6.54 Å². The van der Waals surface area contributed by atoms with Crippen LogP contribution in [0.3, 0.4) is 0 Å². The molecule has 1 aromatic carbocycles. The molecule has 0 saturated carbocycles. The highest BCUT2D eigenvalue weighted by Crippen LogP contribution is 1.99. The molecule has 74 valence electrons. The molecule has 2 rings (SSSR count). The van der Waals surface area contributed by atoms with Crippen molar-refractivity contribution in [2.24, 2.45) is 0 Å². The van der Waals surface area contributed by atoms with E-state index in [9.17, 15) is 0 Å². The minimum atomic E-state index is 0. The molecule has 0 amide bonds. The molecule has 5 heteroatoms. The van der Waals surface area contributed by atoms with Gasteiger partial charge in [0.2, 0.25) is 6.33 Å². The highest BCUT2D eigenvalue weighted by Gasteiger charge is 2.02. The van der Waals surface area contributed by atoms with Crippen LogP contribution in [-0.2, 0) is 6.54 Å². The number of benzene rings is 1. The Hall–Kier alpha value is -1.55. The van der Waals surface area contributed by atoms with E-state index in [4.69, 9.17) is 5.84 Å². The molecule has 4 nitrogen and oxygen atoms in total. The average molecular weight is 211 g/mol. The van der Waals surface area contributed by atoms with Gasteiger partial charge in [0.25, 0.3) is 6.33 Å². The smallest absolute Gasteiger partial charge is 0.286 e. The maximum absolute atomic E-state index is 5.47. The van der Waals surface area contributed by atoms with E-state index in [2.05, 4.69) is 17.2 Å². The molecule has 0 bridgehead atoms. The van der Waals surface area contributed by atoms with Crippen LogP contribution in [0, 0.1) is 0 Å². The number of hydrogen-bond acceptors (Lipinski definition) is 2. The first-order chi connectivity index (χ1) is 6.34. The molecule has 2 aromatic rings. The molecule has 0 fully saturated rings. The maximum atomic E-state index is 5.47. The Bertz CT molecular complexity index is 385. The van der Waals surface area contributed by atoms with E-state index in [-0.39, 0.29) is 12.4 Å². The number of halogens is 1. The van der Waals surface area contributed by atoms with Crippen molar-refractivity contribution in [2.75, 3.05) is 5.84 Å². The van der Waals surface area contributed by atoms with Gasteiger partial charge in [0.15, 0.2) is 0 Å². The Balaban J connectivity index is 0.000000980. The summed E-state index contributed by atoms with van der Waals surface area (Å²) in [6, 6.07) is 10.1. The Kier molecular flexibility index (Phi) is 3.48. The summed E-state index contributed by atoms with van der Waals surface area (Å²) in [5, 5.41) is 4.07. The van der Waals surface area contributed by atoms with E-state index < -0.39 is 0 Å². The monoisotopic (exact) mass is 210 g/mol. The van der Waals surface area contributed by atoms with Crippen molar-refractivity contribution in [1.82, 2.24) is 9.78 Å². The predicted octanol–water partition coefficient (Wildman–Crippen LogP) is -3.06. The van der Waals surface area contributed by atoms with Crippen LogP contribution in [0.1, 0.15) is 5.56 Å². The second-order valence-corrected chi connectivity index (χ2v) is 2.88. The first-order valence-electron chi connectivity index (χ1n) is 4.07. The van der Waals surface area contributed by atoms with Crippen molar-refractivity contribution in [2.45, 2.75) is 6.54 Å². The molecule has 1 aromatic heterocycles. The Morgan fingerprint density at radius 1 is 1.29 bits per heavy atom. The Morgan fingerprint density at radius 3 is 2.57 bits per heavy atom. The summed E-state index contributed by atoms with van der Waals surface area (Å²) in [4.78, 5) is 0. The third-order valence-corrected chi connectivity index (χ3v) is 1.79. The molecule has 14 heavy (non-hydrogen) atoms. The van der Waals surface area contributed by atoms with Crippen molar-refractivity contribution in [1.29, 1.82) is 0 Å². The first kappa shape index (κ1) is 10.5. The Morgan fingerprint density at radius 2 is 2.00 bits per heavy atom. The van der Waals surface area contributed by atoms with Crippen molar-refractivity contribution >= 4 is 0 Å². The summed E-state index contributed by atoms with van der Waals surface area (Å²) in [7, 11) is 0. The molecule has 0 aliphatic heterocycles. The summed E-state index contributed by atoms with van der Waals surface area (Å²) in [5.74, 6) is 5.47. The molecule has 1 heterocycles. The lowest BCUT2D eigenvalue weighted by atomic mass is 10.2. The zero-order chi connectivity index (χ0) is 9.10. The van der Waals surface area contributed by atoms with Crippen molar-refractivity contribution in [3.05, 3.63) is 48.5 Å². The molecule has 0 atom stereocenters. The summed E-state index contributed by atoms with van der Waals surface area (Å²) in [6.07, 6.45) is 3.32. The highest BCUT2D eigenvalue weighted by molar-refractivity contribution is 5.14. The lowest BCUT2D eigenvalue weighted by Crippen LogP contribution is -3.00. The average Bonchev–Trinajstić information content (AvgIpc) is 2.53. The lowest BCUT2D eigenvalue weighted by Gasteiger charge is -1.93. The number of aromatic nitrogens is 3. The van der Waals surface area contributed by atoms with E-state index in [0.29, 0.717) is 0 Å². The fourth-order valence-corrected chi connectivity index (χ4v) is 1.19. The molecular weight excluding hydrogens is 200 g/mol.